The fourth-order valence-electron chi connectivity index (χ4n) is 2.33. The van der Waals surface area contributed by atoms with Crippen LogP contribution in [0.25, 0.3) is 0 Å². The highest BCUT2D eigenvalue weighted by Crippen LogP contribution is 2.18. The van der Waals surface area contributed by atoms with Crippen LogP contribution in [0.15, 0.2) is 0 Å². The van der Waals surface area contributed by atoms with Crippen LogP contribution in [0.2, 0.25) is 0 Å². The molecule has 1 saturated heterocycles. The zero-order valence-electron chi connectivity index (χ0n) is 14.4. The number of amides is 3. The molecule has 0 aromatic rings. The van der Waals surface area contributed by atoms with Gasteiger partial charge in [0.2, 0.25) is 17.7 Å². The predicted octanol–water partition coefficient (Wildman–Crippen LogP) is 0.168. The molecule has 0 aliphatic carbocycles. The van der Waals surface area contributed by atoms with Gasteiger partial charge in [0.05, 0.1) is 13.0 Å². The minimum Gasteiger partial charge on any atom is -0.381 e. The third-order valence-electron chi connectivity index (χ3n) is 3.71. The number of rotatable bonds is 12. The van der Waals surface area contributed by atoms with Crippen molar-refractivity contribution < 1.29 is 23.9 Å². The van der Waals surface area contributed by atoms with Crippen LogP contribution >= 0.6 is 0 Å². The zero-order valence-corrected chi connectivity index (χ0v) is 14.4. The number of carbonyl (C=O) groups is 4. The summed E-state index contributed by atoms with van der Waals surface area (Å²) in [5.41, 5.74) is 5.22. The highest BCUT2D eigenvalue weighted by atomic mass is 16.5. The molecule has 0 radical (unpaired) electrons. The lowest BCUT2D eigenvalue weighted by atomic mass is 10.1. The van der Waals surface area contributed by atoms with Gasteiger partial charge in [-0.25, -0.2) is 5.43 Å². The molecule has 24 heavy (non-hydrogen) atoms. The van der Waals surface area contributed by atoms with Crippen LogP contribution < -0.4 is 10.9 Å². The molecule has 1 unspecified atom stereocenters. The van der Waals surface area contributed by atoms with E-state index < -0.39 is 0 Å². The molecule has 1 aliphatic rings. The fraction of sp³-hybridized carbons (Fsp3) is 0.750. The lowest BCUT2D eigenvalue weighted by molar-refractivity contribution is -0.139. The lowest BCUT2D eigenvalue weighted by Crippen LogP contribution is -2.37. The average Bonchev–Trinajstić information content (AvgIpc) is 2.79. The first kappa shape index (κ1) is 20.2. The van der Waals surface area contributed by atoms with Crippen molar-refractivity contribution in [3.05, 3.63) is 0 Å². The highest BCUT2D eigenvalue weighted by molar-refractivity contribution is 6.03. The van der Waals surface area contributed by atoms with Crippen molar-refractivity contribution in [3.63, 3.8) is 0 Å². The third-order valence-corrected chi connectivity index (χ3v) is 3.71. The van der Waals surface area contributed by atoms with E-state index in [2.05, 4.69) is 10.9 Å². The summed E-state index contributed by atoms with van der Waals surface area (Å²) in [4.78, 5) is 47.5. The molecule has 1 aliphatic heterocycles. The van der Waals surface area contributed by atoms with Crippen LogP contribution in [-0.4, -0.2) is 54.7 Å². The van der Waals surface area contributed by atoms with Gasteiger partial charge in [-0.05, 0) is 6.42 Å². The standard InChI is InChI=1S/C16H27N3O5/c1-3-17-18-14(21)7-10-24-9-4-5-13(20)6-8-19-15(22)11-12(2)16(19)23/h12,17H,3-11H2,1-2H3,(H,18,21). The number of hydrogen-bond acceptors (Lipinski definition) is 6. The number of carbonyl (C=O) groups excluding carboxylic acids is 4. The van der Waals surface area contributed by atoms with Gasteiger partial charge in [-0.15, -0.1) is 0 Å². The van der Waals surface area contributed by atoms with E-state index in [1.54, 1.807) is 6.92 Å². The molecule has 2 N–H and O–H groups in total. The molecule has 0 bridgehead atoms. The Balaban J connectivity index is 2.03. The Morgan fingerprint density at radius 1 is 1.21 bits per heavy atom. The van der Waals surface area contributed by atoms with Crippen molar-refractivity contribution in [1.82, 2.24) is 15.8 Å². The molecular formula is C16H27N3O5. The maximum Gasteiger partial charge on any atom is 0.236 e. The van der Waals surface area contributed by atoms with E-state index in [-0.39, 0.29) is 55.2 Å². The molecule has 1 heterocycles. The molecule has 1 rings (SSSR count). The summed E-state index contributed by atoms with van der Waals surface area (Å²) in [6.07, 6.45) is 1.59. The molecule has 8 nitrogen and oxygen atoms in total. The molecule has 3 amide bonds. The molecule has 0 aromatic heterocycles. The number of imide groups is 1. The number of Topliss-reactive ketones (excluding diaryl/α,β-unsaturated/α-hetero) is 1. The van der Waals surface area contributed by atoms with Crippen molar-refractivity contribution in [2.24, 2.45) is 5.92 Å². The molecule has 0 aromatic carbocycles. The summed E-state index contributed by atoms with van der Waals surface area (Å²) in [6.45, 7) is 5.13. The average molecular weight is 341 g/mol. The molecular weight excluding hydrogens is 314 g/mol. The van der Waals surface area contributed by atoms with Gasteiger partial charge in [0, 0.05) is 44.9 Å². The van der Waals surface area contributed by atoms with Gasteiger partial charge >= 0.3 is 0 Å². The minimum atomic E-state index is -0.272. The maximum absolute atomic E-state index is 11.8. The monoisotopic (exact) mass is 341 g/mol. The Morgan fingerprint density at radius 3 is 2.58 bits per heavy atom. The first-order valence-corrected chi connectivity index (χ1v) is 8.41. The Morgan fingerprint density at radius 2 is 1.96 bits per heavy atom. The fourth-order valence-corrected chi connectivity index (χ4v) is 2.33. The zero-order chi connectivity index (χ0) is 17.9. The van der Waals surface area contributed by atoms with Crippen molar-refractivity contribution >= 4 is 23.5 Å². The number of hydrogen-bond donors (Lipinski definition) is 2. The van der Waals surface area contributed by atoms with Gasteiger partial charge in [0.15, 0.2) is 0 Å². The number of likely N-dealkylation sites (tertiary alicyclic amines) is 1. The summed E-state index contributed by atoms with van der Waals surface area (Å²) in [6, 6.07) is 0. The summed E-state index contributed by atoms with van der Waals surface area (Å²) in [5.74, 6) is -0.789. The van der Waals surface area contributed by atoms with Crippen molar-refractivity contribution in [2.75, 3.05) is 26.3 Å². The smallest absolute Gasteiger partial charge is 0.236 e. The third kappa shape index (κ3) is 7.18. The Hall–Kier alpha value is -1.80. The second kappa shape index (κ2) is 10.9. The summed E-state index contributed by atoms with van der Waals surface area (Å²) in [7, 11) is 0. The van der Waals surface area contributed by atoms with E-state index in [1.165, 1.54) is 4.90 Å². The van der Waals surface area contributed by atoms with E-state index in [0.717, 1.165) is 0 Å². The molecule has 1 atom stereocenters. The van der Waals surface area contributed by atoms with Gasteiger partial charge in [-0.1, -0.05) is 13.8 Å². The van der Waals surface area contributed by atoms with Gasteiger partial charge in [-0.3, -0.25) is 29.5 Å². The van der Waals surface area contributed by atoms with Crippen LogP contribution in [0.5, 0.6) is 0 Å². The minimum absolute atomic E-state index is 0.00337. The first-order valence-electron chi connectivity index (χ1n) is 8.41. The van der Waals surface area contributed by atoms with Crippen molar-refractivity contribution in [1.29, 1.82) is 0 Å². The van der Waals surface area contributed by atoms with Gasteiger partial charge < -0.3 is 4.74 Å². The van der Waals surface area contributed by atoms with Gasteiger partial charge in [-0.2, -0.15) is 0 Å². The van der Waals surface area contributed by atoms with Crippen LogP contribution in [-0.2, 0) is 23.9 Å². The summed E-state index contributed by atoms with van der Waals surface area (Å²) >= 11 is 0. The topological polar surface area (TPSA) is 105 Å². The molecule has 8 heteroatoms. The van der Waals surface area contributed by atoms with E-state index >= 15 is 0 Å². The first-order chi connectivity index (χ1) is 11.5. The Bertz CT molecular complexity index is 467. The number of ketones is 1. The van der Waals surface area contributed by atoms with Crippen LogP contribution in [0.4, 0.5) is 0 Å². The van der Waals surface area contributed by atoms with Gasteiger partial charge in [0.1, 0.15) is 5.78 Å². The number of nitrogens with zero attached hydrogens (tertiary/aromatic N) is 1. The van der Waals surface area contributed by atoms with E-state index in [9.17, 15) is 19.2 Å². The normalized spacial score (nSPS) is 17.4. The molecule has 136 valence electrons. The van der Waals surface area contributed by atoms with Crippen LogP contribution in [0, 0.1) is 5.92 Å². The van der Waals surface area contributed by atoms with Crippen molar-refractivity contribution in [2.45, 2.75) is 46.0 Å². The Kier molecular flexibility index (Phi) is 9.18. The SMILES string of the molecule is CCNNC(=O)CCOCCCC(=O)CCN1C(=O)CC(C)C1=O. The lowest BCUT2D eigenvalue weighted by Gasteiger charge is -2.13. The van der Waals surface area contributed by atoms with E-state index in [0.29, 0.717) is 32.6 Å². The Labute approximate surface area is 142 Å². The predicted molar refractivity (Wildman–Crippen MR) is 86.6 cm³/mol. The maximum atomic E-state index is 11.8. The molecule has 0 saturated carbocycles. The highest BCUT2D eigenvalue weighted by Gasteiger charge is 2.35. The molecule has 0 spiro atoms. The van der Waals surface area contributed by atoms with E-state index in [4.69, 9.17) is 4.74 Å². The quantitative estimate of drug-likeness (QED) is 0.298. The second-order valence-corrected chi connectivity index (χ2v) is 5.82. The number of nitrogens with one attached hydrogen (secondary N) is 2. The van der Waals surface area contributed by atoms with E-state index in [1.807, 2.05) is 6.92 Å². The van der Waals surface area contributed by atoms with Crippen molar-refractivity contribution in [3.8, 4) is 0 Å². The summed E-state index contributed by atoms with van der Waals surface area (Å²) < 4.78 is 5.30. The number of ether oxygens (including phenoxy) is 1. The summed E-state index contributed by atoms with van der Waals surface area (Å²) in [5, 5.41) is 0. The van der Waals surface area contributed by atoms with Crippen LogP contribution in [0.3, 0.4) is 0 Å². The van der Waals surface area contributed by atoms with Crippen LogP contribution in [0.1, 0.15) is 46.0 Å². The second-order valence-electron chi connectivity index (χ2n) is 5.82. The number of hydrazine groups is 1. The molecule has 1 fully saturated rings. The van der Waals surface area contributed by atoms with Gasteiger partial charge in [0.25, 0.3) is 0 Å². The largest absolute Gasteiger partial charge is 0.381 e.